The zero-order chi connectivity index (χ0) is 42.0. The lowest BCUT2D eigenvalue weighted by atomic mass is 10.00. The van der Waals surface area contributed by atoms with Gasteiger partial charge in [0.05, 0.1) is 6.61 Å². The molecule has 1 aliphatic rings. The first-order valence-corrected chi connectivity index (χ1v) is 24.0. The summed E-state index contributed by atoms with van der Waals surface area (Å²) in [4.78, 5) is 25.4. The van der Waals surface area contributed by atoms with Crippen molar-refractivity contribution in [2.24, 2.45) is 0 Å². The summed E-state index contributed by atoms with van der Waals surface area (Å²) in [6.07, 6.45) is 27.9. The highest BCUT2D eigenvalue weighted by Crippen LogP contribution is 2.24. The Morgan fingerprint density at radius 3 is 1.56 bits per heavy atom. The van der Waals surface area contributed by atoms with Crippen molar-refractivity contribution >= 4 is 22.1 Å². The predicted molar refractivity (Wildman–Crippen MR) is 224 cm³/mol. The predicted octanol–water partition coefficient (Wildman–Crippen LogP) is 8.84. The van der Waals surface area contributed by atoms with Crippen LogP contribution in [-0.4, -0.2) is 96.0 Å². The van der Waals surface area contributed by atoms with Gasteiger partial charge in [-0.25, -0.2) is 0 Å². The Morgan fingerprint density at radius 1 is 0.596 bits per heavy atom. The van der Waals surface area contributed by atoms with Crippen molar-refractivity contribution in [3.8, 4) is 0 Å². The SMILES string of the molecule is CCCCCC/C=C\C/C=C\CCCCCCCC(=O)OC(COC(=O)CCCCCCCCCCCCCCC)COC1OC(CS(=O)(=O)O)C(O)C(O)C1O. The van der Waals surface area contributed by atoms with Crippen LogP contribution in [-0.2, 0) is 38.7 Å². The standard InChI is InChI=1S/C44H80O12S/c1-3-5-7-9-11-13-15-17-18-19-21-23-25-27-29-31-33-40(46)55-37(35-54-44-43(49)42(48)41(47)38(56-44)36-57(50,51)52)34-53-39(45)32-30-28-26-24-22-20-16-14-12-10-8-6-4-2/h13,15,18-19,37-38,41-44,47-49H,3-12,14,16-17,20-36H2,1-2H3,(H,50,51,52)/b15-13-,19-18-. The van der Waals surface area contributed by atoms with E-state index in [2.05, 4.69) is 38.2 Å². The maximum absolute atomic E-state index is 12.8. The van der Waals surface area contributed by atoms with E-state index in [0.717, 1.165) is 64.2 Å². The van der Waals surface area contributed by atoms with Gasteiger partial charge in [-0.3, -0.25) is 14.1 Å². The molecule has 0 aromatic carbocycles. The molecule has 6 atom stereocenters. The minimum absolute atomic E-state index is 0.151. The summed E-state index contributed by atoms with van der Waals surface area (Å²) in [7, 11) is -4.60. The second-order valence-corrected chi connectivity index (χ2v) is 17.2. The second-order valence-electron chi connectivity index (χ2n) is 15.7. The van der Waals surface area contributed by atoms with E-state index in [1.807, 2.05) is 0 Å². The molecule has 0 spiro atoms. The van der Waals surface area contributed by atoms with Gasteiger partial charge in [0.15, 0.2) is 12.4 Å². The molecule has 12 nitrogen and oxygen atoms in total. The molecule has 6 unspecified atom stereocenters. The molecule has 1 saturated heterocycles. The van der Waals surface area contributed by atoms with E-state index in [-0.39, 0.29) is 19.4 Å². The first kappa shape index (κ1) is 53.1. The maximum atomic E-state index is 12.8. The molecule has 1 aliphatic heterocycles. The van der Waals surface area contributed by atoms with Gasteiger partial charge in [-0.15, -0.1) is 0 Å². The molecule has 0 amide bonds. The van der Waals surface area contributed by atoms with Gasteiger partial charge in [0.25, 0.3) is 10.1 Å². The van der Waals surface area contributed by atoms with Crippen LogP contribution in [0.15, 0.2) is 24.3 Å². The van der Waals surface area contributed by atoms with Crippen LogP contribution >= 0.6 is 0 Å². The molecule has 0 bridgehead atoms. The molecular weight excluding hydrogens is 753 g/mol. The third-order valence-electron chi connectivity index (χ3n) is 10.3. The van der Waals surface area contributed by atoms with Crippen LogP contribution in [0, 0.1) is 0 Å². The van der Waals surface area contributed by atoms with Gasteiger partial charge in [-0.1, -0.05) is 154 Å². The Bertz CT molecular complexity index is 1160. The van der Waals surface area contributed by atoms with Crippen molar-refractivity contribution in [2.75, 3.05) is 19.0 Å². The van der Waals surface area contributed by atoms with Crippen LogP contribution in [0.25, 0.3) is 0 Å². The number of aliphatic hydroxyl groups is 3. The van der Waals surface area contributed by atoms with Crippen molar-refractivity contribution in [3.63, 3.8) is 0 Å². The summed E-state index contributed by atoms with van der Waals surface area (Å²) < 4.78 is 54.0. The summed E-state index contributed by atoms with van der Waals surface area (Å²) in [5, 5.41) is 30.8. The highest BCUT2D eigenvalue weighted by Gasteiger charge is 2.46. The smallest absolute Gasteiger partial charge is 0.306 e. The van der Waals surface area contributed by atoms with Crippen LogP contribution in [0.4, 0.5) is 0 Å². The number of rotatable bonds is 37. The monoisotopic (exact) mass is 833 g/mol. The third kappa shape index (κ3) is 29.9. The second kappa shape index (κ2) is 34.9. The number of ether oxygens (including phenoxy) is 4. The van der Waals surface area contributed by atoms with Crippen molar-refractivity contribution < 1.29 is 56.8 Å². The molecule has 1 heterocycles. The van der Waals surface area contributed by atoms with Crippen LogP contribution in [0.3, 0.4) is 0 Å². The fraction of sp³-hybridized carbons (Fsp3) is 0.864. The van der Waals surface area contributed by atoms with E-state index in [4.69, 9.17) is 18.9 Å². The summed E-state index contributed by atoms with van der Waals surface area (Å²) in [5.74, 6) is -1.99. The number of allylic oxidation sites excluding steroid dienone is 4. The van der Waals surface area contributed by atoms with E-state index >= 15 is 0 Å². The van der Waals surface area contributed by atoms with Gasteiger partial charge in [0.1, 0.15) is 36.8 Å². The van der Waals surface area contributed by atoms with Crippen molar-refractivity contribution in [3.05, 3.63) is 24.3 Å². The highest BCUT2D eigenvalue weighted by molar-refractivity contribution is 7.85. The summed E-state index contributed by atoms with van der Waals surface area (Å²) >= 11 is 0. The quantitative estimate of drug-likeness (QED) is 0.0202. The van der Waals surface area contributed by atoms with Gasteiger partial charge in [-0.05, 0) is 44.9 Å². The van der Waals surface area contributed by atoms with Gasteiger partial charge in [-0.2, -0.15) is 8.42 Å². The Kier molecular flexibility index (Phi) is 32.6. The van der Waals surface area contributed by atoms with E-state index in [0.29, 0.717) is 12.8 Å². The number of hydrogen-bond donors (Lipinski definition) is 4. The van der Waals surface area contributed by atoms with Crippen molar-refractivity contribution in [2.45, 2.75) is 224 Å². The molecule has 0 aromatic heterocycles. The van der Waals surface area contributed by atoms with Crippen molar-refractivity contribution in [1.82, 2.24) is 0 Å². The number of esters is 2. The number of hydrogen-bond acceptors (Lipinski definition) is 11. The molecule has 13 heteroatoms. The molecule has 1 rings (SSSR count). The molecule has 1 fully saturated rings. The Morgan fingerprint density at radius 2 is 1.05 bits per heavy atom. The highest BCUT2D eigenvalue weighted by atomic mass is 32.2. The van der Waals surface area contributed by atoms with E-state index in [9.17, 15) is 37.9 Å². The lowest BCUT2D eigenvalue weighted by molar-refractivity contribution is -0.297. The average Bonchev–Trinajstić information content (AvgIpc) is 3.17. The molecule has 0 radical (unpaired) electrons. The Hall–Kier alpha value is -1.87. The summed E-state index contributed by atoms with van der Waals surface area (Å²) in [6, 6.07) is 0. The van der Waals surface area contributed by atoms with Gasteiger partial charge in [0.2, 0.25) is 0 Å². The first-order valence-electron chi connectivity index (χ1n) is 22.4. The lowest BCUT2D eigenvalue weighted by Crippen LogP contribution is -2.60. The van der Waals surface area contributed by atoms with Crippen LogP contribution in [0.5, 0.6) is 0 Å². The Balaban J connectivity index is 2.47. The number of carbonyl (C=O) groups excluding carboxylic acids is 2. The minimum Gasteiger partial charge on any atom is -0.462 e. The molecule has 57 heavy (non-hydrogen) atoms. The van der Waals surface area contributed by atoms with Gasteiger partial charge in [0, 0.05) is 12.8 Å². The Labute approximate surface area is 345 Å². The van der Waals surface area contributed by atoms with Crippen LogP contribution in [0.1, 0.15) is 187 Å². The van der Waals surface area contributed by atoms with Gasteiger partial charge < -0.3 is 34.3 Å². The van der Waals surface area contributed by atoms with E-state index in [1.165, 1.54) is 83.5 Å². The topological polar surface area (TPSA) is 186 Å². The molecular formula is C44H80O12S. The van der Waals surface area contributed by atoms with Crippen LogP contribution < -0.4 is 0 Å². The minimum atomic E-state index is -4.60. The fourth-order valence-corrected chi connectivity index (χ4v) is 7.46. The van der Waals surface area contributed by atoms with Crippen molar-refractivity contribution in [1.29, 1.82) is 0 Å². The summed E-state index contributed by atoms with van der Waals surface area (Å²) in [5.41, 5.74) is 0. The largest absolute Gasteiger partial charge is 0.462 e. The number of unbranched alkanes of at least 4 members (excludes halogenated alkanes) is 21. The normalized spacial score (nSPS) is 20.7. The third-order valence-corrected chi connectivity index (χ3v) is 11.0. The molecule has 334 valence electrons. The number of aliphatic hydroxyl groups excluding tert-OH is 3. The van der Waals surface area contributed by atoms with Crippen LogP contribution in [0.2, 0.25) is 0 Å². The zero-order valence-corrected chi connectivity index (χ0v) is 36.3. The fourth-order valence-electron chi connectivity index (χ4n) is 6.77. The number of carbonyl (C=O) groups is 2. The average molecular weight is 833 g/mol. The molecule has 0 saturated carbocycles. The van der Waals surface area contributed by atoms with E-state index in [1.54, 1.807) is 0 Å². The summed E-state index contributed by atoms with van der Waals surface area (Å²) in [6.45, 7) is 3.73. The molecule has 0 aromatic rings. The zero-order valence-electron chi connectivity index (χ0n) is 35.4. The maximum Gasteiger partial charge on any atom is 0.306 e. The van der Waals surface area contributed by atoms with Gasteiger partial charge >= 0.3 is 11.9 Å². The lowest BCUT2D eigenvalue weighted by Gasteiger charge is -2.40. The van der Waals surface area contributed by atoms with E-state index < -0.39 is 71.2 Å². The first-order chi connectivity index (χ1) is 27.5. The molecule has 4 N–H and O–H groups in total. The molecule has 0 aliphatic carbocycles.